The Bertz CT molecular complexity index is 234. The fraction of sp³-hybridized carbons (Fsp3) is 0.556. The van der Waals surface area contributed by atoms with E-state index in [2.05, 4.69) is 21.2 Å². The lowest BCUT2D eigenvalue weighted by molar-refractivity contribution is -0.00224. The zero-order valence-corrected chi connectivity index (χ0v) is 8.79. The largest absolute Gasteiger partial charge is 0.379 e. The smallest absolute Gasteiger partial charge is 0.148 e. The first-order chi connectivity index (χ1) is 6.34. The average Bonchev–Trinajstić information content (AvgIpc) is 2.57. The molecule has 2 heterocycles. The predicted molar refractivity (Wildman–Crippen MR) is 53.4 cm³/mol. The normalized spacial score (nSPS) is 32.8. The molecule has 3 nitrogen and oxygen atoms in total. The van der Waals surface area contributed by atoms with E-state index in [0.717, 1.165) is 17.5 Å². The summed E-state index contributed by atoms with van der Waals surface area (Å²) in [6, 6.07) is 0. The van der Waals surface area contributed by atoms with Crippen molar-refractivity contribution in [3.8, 4) is 0 Å². The van der Waals surface area contributed by atoms with Crippen molar-refractivity contribution >= 4 is 15.9 Å². The maximum atomic E-state index is 5.73. The summed E-state index contributed by atoms with van der Waals surface area (Å²) in [7, 11) is 0. The van der Waals surface area contributed by atoms with Crippen molar-refractivity contribution in [3.05, 3.63) is 22.8 Å². The molecule has 0 spiro atoms. The molecule has 0 aromatic heterocycles. The Morgan fingerprint density at radius 1 is 1.62 bits per heavy atom. The minimum absolute atomic E-state index is 0.0222. The molecule has 0 aromatic carbocycles. The lowest BCUT2D eigenvalue weighted by atomic mass is 10.3. The Morgan fingerprint density at radius 3 is 3.23 bits per heavy atom. The molecule has 13 heavy (non-hydrogen) atoms. The minimum atomic E-state index is -0.0222. The third-order valence-corrected chi connectivity index (χ3v) is 2.57. The van der Waals surface area contributed by atoms with Crippen molar-refractivity contribution in [1.29, 1.82) is 0 Å². The summed E-state index contributed by atoms with van der Waals surface area (Å²) in [6.07, 6.45) is 7.04. The summed E-state index contributed by atoms with van der Waals surface area (Å²) in [6.45, 7) is 1.53. The van der Waals surface area contributed by atoms with Gasteiger partial charge in [-0.05, 0) is 24.8 Å². The number of allylic oxidation sites excluding steroid dienone is 2. The highest BCUT2D eigenvalue weighted by Gasteiger charge is 2.20. The van der Waals surface area contributed by atoms with Crippen LogP contribution in [-0.2, 0) is 9.47 Å². The number of nitrogens with one attached hydrogen (secondary N) is 1. The number of hydrogen-bond donors (Lipinski definition) is 1. The van der Waals surface area contributed by atoms with Crippen molar-refractivity contribution in [1.82, 2.24) is 5.32 Å². The van der Waals surface area contributed by atoms with E-state index in [4.69, 9.17) is 9.47 Å². The Hall–Kier alpha value is -0.320. The van der Waals surface area contributed by atoms with Crippen LogP contribution in [0, 0.1) is 0 Å². The third-order valence-electron chi connectivity index (χ3n) is 2.04. The second-order valence-electron chi connectivity index (χ2n) is 3.09. The van der Waals surface area contributed by atoms with Crippen LogP contribution >= 0.6 is 15.9 Å². The van der Waals surface area contributed by atoms with Crippen LogP contribution in [0.4, 0.5) is 0 Å². The number of ether oxygens (including phenoxy) is 2. The Kier molecular flexibility index (Phi) is 3.03. The minimum Gasteiger partial charge on any atom is -0.379 e. The highest BCUT2D eigenvalue weighted by atomic mass is 79.9. The molecule has 1 fully saturated rings. The van der Waals surface area contributed by atoms with E-state index in [1.165, 1.54) is 0 Å². The van der Waals surface area contributed by atoms with Crippen LogP contribution in [0.25, 0.3) is 0 Å². The van der Waals surface area contributed by atoms with Gasteiger partial charge in [-0.25, -0.2) is 0 Å². The number of rotatable bonds is 2. The van der Waals surface area contributed by atoms with Crippen LogP contribution in [0.3, 0.4) is 0 Å². The molecule has 2 aliphatic heterocycles. The molecule has 0 aromatic rings. The zero-order chi connectivity index (χ0) is 9.10. The van der Waals surface area contributed by atoms with E-state index in [9.17, 15) is 0 Å². The number of dihydropyridines is 1. The topological polar surface area (TPSA) is 30.5 Å². The van der Waals surface area contributed by atoms with Crippen LogP contribution in [0.5, 0.6) is 0 Å². The number of hydrogen-bond acceptors (Lipinski definition) is 3. The van der Waals surface area contributed by atoms with Crippen molar-refractivity contribution in [2.45, 2.75) is 18.8 Å². The van der Waals surface area contributed by atoms with Gasteiger partial charge in [-0.15, -0.1) is 0 Å². The molecule has 0 radical (unpaired) electrons. The molecule has 2 aliphatic rings. The van der Waals surface area contributed by atoms with E-state index in [0.29, 0.717) is 6.61 Å². The van der Waals surface area contributed by atoms with E-state index in [1.807, 2.05) is 18.4 Å². The van der Waals surface area contributed by atoms with Gasteiger partial charge in [0.1, 0.15) is 6.23 Å². The molecule has 1 N–H and O–H groups in total. The maximum absolute atomic E-state index is 5.73. The van der Waals surface area contributed by atoms with Gasteiger partial charge in [0.15, 0.2) is 0 Å². The molecule has 72 valence electrons. The van der Waals surface area contributed by atoms with Crippen molar-refractivity contribution in [3.63, 3.8) is 0 Å². The third kappa shape index (κ3) is 2.56. The van der Waals surface area contributed by atoms with E-state index in [1.54, 1.807) is 0 Å². The van der Waals surface area contributed by atoms with Gasteiger partial charge < -0.3 is 14.8 Å². The van der Waals surface area contributed by atoms with E-state index >= 15 is 0 Å². The fourth-order valence-electron chi connectivity index (χ4n) is 1.38. The van der Waals surface area contributed by atoms with Crippen molar-refractivity contribution < 1.29 is 9.47 Å². The van der Waals surface area contributed by atoms with Crippen LogP contribution in [0.1, 0.15) is 6.42 Å². The summed E-state index contributed by atoms with van der Waals surface area (Å²) in [5.74, 6) is 0. The van der Waals surface area contributed by atoms with E-state index in [-0.39, 0.29) is 12.3 Å². The molecule has 0 aliphatic carbocycles. The molecule has 0 bridgehead atoms. The van der Waals surface area contributed by atoms with E-state index < -0.39 is 0 Å². The Balaban J connectivity index is 1.84. The first kappa shape index (κ1) is 9.24. The van der Waals surface area contributed by atoms with Crippen LogP contribution in [-0.4, -0.2) is 25.5 Å². The lowest BCUT2D eigenvalue weighted by Gasteiger charge is -2.21. The van der Waals surface area contributed by atoms with Gasteiger partial charge in [-0.3, -0.25) is 0 Å². The summed E-state index contributed by atoms with van der Waals surface area (Å²) >= 11 is 3.40. The molecule has 2 atom stereocenters. The number of halogens is 1. The average molecular weight is 246 g/mol. The van der Waals surface area contributed by atoms with Crippen molar-refractivity contribution in [2.75, 3.05) is 13.2 Å². The Morgan fingerprint density at radius 2 is 2.54 bits per heavy atom. The van der Waals surface area contributed by atoms with Gasteiger partial charge in [0.25, 0.3) is 0 Å². The predicted octanol–water partition coefficient (Wildman–Crippen LogP) is 1.51. The zero-order valence-electron chi connectivity index (χ0n) is 7.20. The second-order valence-corrected chi connectivity index (χ2v) is 4.01. The summed E-state index contributed by atoms with van der Waals surface area (Å²) in [5, 5.41) is 3.11. The van der Waals surface area contributed by atoms with Crippen LogP contribution < -0.4 is 5.32 Å². The van der Waals surface area contributed by atoms with Gasteiger partial charge >= 0.3 is 0 Å². The molecule has 4 heteroatoms. The Labute approximate surface area is 85.9 Å². The molecule has 2 rings (SSSR count). The van der Waals surface area contributed by atoms with Gasteiger partial charge in [0.2, 0.25) is 0 Å². The summed E-state index contributed by atoms with van der Waals surface area (Å²) in [5.41, 5.74) is 0. The highest BCUT2D eigenvalue weighted by molar-refractivity contribution is 9.11. The molecule has 0 amide bonds. The molecule has 0 saturated carbocycles. The molecule has 1 saturated heterocycles. The highest BCUT2D eigenvalue weighted by Crippen LogP contribution is 2.16. The monoisotopic (exact) mass is 245 g/mol. The summed E-state index contributed by atoms with van der Waals surface area (Å²) < 4.78 is 12.0. The first-order valence-corrected chi connectivity index (χ1v) is 5.17. The van der Waals surface area contributed by atoms with Gasteiger partial charge in [-0.1, -0.05) is 15.9 Å². The quantitative estimate of drug-likeness (QED) is 0.801. The second kappa shape index (κ2) is 4.26. The first-order valence-electron chi connectivity index (χ1n) is 4.38. The van der Waals surface area contributed by atoms with Gasteiger partial charge in [0, 0.05) is 11.1 Å². The maximum Gasteiger partial charge on any atom is 0.148 e. The summed E-state index contributed by atoms with van der Waals surface area (Å²) in [4.78, 5) is 0. The molecular formula is C9H12BrNO2. The molecule has 1 unspecified atom stereocenters. The fourth-order valence-corrected chi connectivity index (χ4v) is 1.75. The SMILES string of the molecule is BrC1=CC(O[C@H]2CCOC2)NC=C1. The lowest BCUT2D eigenvalue weighted by Crippen LogP contribution is -2.32. The van der Waals surface area contributed by atoms with Gasteiger partial charge in [0.05, 0.1) is 12.7 Å². The van der Waals surface area contributed by atoms with Crippen LogP contribution in [0.15, 0.2) is 22.8 Å². The van der Waals surface area contributed by atoms with Crippen molar-refractivity contribution in [2.24, 2.45) is 0 Å². The molecular weight excluding hydrogens is 234 g/mol. The van der Waals surface area contributed by atoms with Gasteiger partial charge in [-0.2, -0.15) is 0 Å². The standard InChI is InChI=1S/C9H12BrNO2/c10-7-1-3-11-9(5-7)13-8-2-4-12-6-8/h1,3,5,8-9,11H,2,4,6H2/t8-,9?/m0/s1. The van der Waals surface area contributed by atoms with Crippen LogP contribution in [0.2, 0.25) is 0 Å².